The van der Waals surface area contributed by atoms with E-state index in [1.54, 1.807) is 25.8 Å². The number of benzene rings is 1. The largest absolute Gasteiger partial charge is 0.493 e. The first-order valence-electron chi connectivity index (χ1n) is 9.47. The zero-order valence-electron chi connectivity index (χ0n) is 17.2. The molecule has 0 unspecified atom stereocenters. The van der Waals surface area contributed by atoms with E-state index in [1.165, 1.54) is 5.56 Å². The number of hydrogen-bond donors (Lipinski definition) is 0. The average molecular weight is 398 g/mol. The highest BCUT2D eigenvalue weighted by molar-refractivity contribution is 8.10. The van der Waals surface area contributed by atoms with Gasteiger partial charge < -0.3 is 14.0 Å². The molecule has 5 heteroatoms. The number of fused-ring (bicyclic) bond motifs is 3. The Kier molecular flexibility index (Phi) is 6.04. The van der Waals surface area contributed by atoms with E-state index in [0.717, 1.165) is 51.9 Å². The molecule has 0 radical (unpaired) electrons. The highest BCUT2D eigenvalue weighted by atomic mass is 32.2. The highest BCUT2D eigenvalue weighted by Crippen LogP contribution is 2.45. The van der Waals surface area contributed by atoms with Gasteiger partial charge in [-0.15, -0.1) is 0 Å². The van der Waals surface area contributed by atoms with Crippen LogP contribution in [0.15, 0.2) is 36.3 Å². The number of methoxy groups -OCH3 is 1. The quantitative estimate of drug-likeness (QED) is 0.542. The Hall–Kier alpha value is -2.40. The van der Waals surface area contributed by atoms with Crippen molar-refractivity contribution in [2.45, 2.75) is 46.8 Å². The molecule has 1 aromatic carbocycles. The Labute approximate surface area is 171 Å². The van der Waals surface area contributed by atoms with E-state index in [1.807, 2.05) is 32.2 Å². The molecule has 0 aliphatic carbocycles. The number of nitrogens with zero attached hydrogens (tertiary/aromatic N) is 1. The monoisotopic (exact) mass is 397 g/mol. The van der Waals surface area contributed by atoms with Gasteiger partial charge in [0.2, 0.25) is 0 Å². The summed E-state index contributed by atoms with van der Waals surface area (Å²) in [4.78, 5) is 13.4. The van der Waals surface area contributed by atoms with Crippen LogP contribution in [0.25, 0.3) is 16.2 Å². The number of rotatable bonds is 7. The van der Waals surface area contributed by atoms with Crippen molar-refractivity contribution in [1.82, 2.24) is 4.57 Å². The molecule has 2 aromatic rings. The van der Waals surface area contributed by atoms with E-state index in [2.05, 4.69) is 29.4 Å². The lowest BCUT2D eigenvalue weighted by Gasteiger charge is -2.25. The van der Waals surface area contributed by atoms with Crippen molar-refractivity contribution in [3.8, 4) is 22.8 Å². The van der Waals surface area contributed by atoms with Crippen LogP contribution < -0.4 is 9.47 Å². The second-order valence-corrected chi connectivity index (χ2v) is 8.02. The number of ketones is 1. The van der Waals surface area contributed by atoms with E-state index in [-0.39, 0.29) is 11.9 Å². The second-order valence-electron chi connectivity index (χ2n) is 7.01. The Morgan fingerprint density at radius 2 is 2.04 bits per heavy atom. The summed E-state index contributed by atoms with van der Waals surface area (Å²) in [5.74, 6) is 1.54. The maximum absolute atomic E-state index is 12.3. The zero-order valence-corrected chi connectivity index (χ0v) is 18.0. The summed E-state index contributed by atoms with van der Waals surface area (Å²) in [7, 11) is 1.67. The molecule has 2 heterocycles. The van der Waals surface area contributed by atoms with Crippen LogP contribution in [0.5, 0.6) is 11.5 Å². The molecule has 1 aliphatic rings. The van der Waals surface area contributed by atoms with E-state index in [4.69, 9.17) is 9.47 Å². The number of carbonyl (C=O) groups is 1. The van der Waals surface area contributed by atoms with Crippen LogP contribution in [0.1, 0.15) is 49.3 Å². The molecule has 0 atom stereocenters. The van der Waals surface area contributed by atoms with Gasteiger partial charge in [0.05, 0.1) is 24.6 Å². The minimum Gasteiger partial charge on any atom is -0.493 e. The molecule has 28 heavy (non-hydrogen) atoms. The molecular formula is C23H27NO3S. The van der Waals surface area contributed by atoms with E-state index >= 15 is 0 Å². The fourth-order valence-electron chi connectivity index (χ4n) is 3.70. The number of Topliss-reactive ketones (excluding diaryl/α,β-unsaturated/α-hetero) is 1. The van der Waals surface area contributed by atoms with Crippen molar-refractivity contribution in [2.24, 2.45) is 0 Å². The zero-order chi connectivity index (χ0) is 20.4. The number of carbonyl (C=O) groups excluding carboxylic acids is 1. The Bertz CT molecular complexity index is 953. The summed E-state index contributed by atoms with van der Waals surface area (Å²) >= 11 is 1.57. The summed E-state index contributed by atoms with van der Waals surface area (Å²) in [5.41, 5.74) is 5.15. The number of aromatic nitrogens is 1. The number of thioether (sulfide) groups is 1. The van der Waals surface area contributed by atoms with Crippen molar-refractivity contribution >= 4 is 22.5 Å². The molecule has 0 saturated carbocycles. The standard InChI is InChI=1S/C23H27NO3S/c1-7-22(28-8-2)18-12-19(15(5)25)24-10-9-16-11-20(26-6)21(27-14(3)4)13-17(16)23(18)24/h7-8,11-14H,2,9-10H2,1,3-6H3/b22-7-. The van der Waals surface area contributed by atoms with Crippen LogP contribution >= 0.6 is 11.8 Å². The smallest absolute Gasteiger partial charge is 0.176 e. The van der Waals surface area contributed by atoms with Crippen LogP contribution in [-0.4, -0.2) is 23.6 Å². The lowest BCUT2D eigenvalue weighted by atomic mass is 9.95. The average Bonchev–Trinajstić information content (AvgIpc) is 3.05. The first-order chi connectivity index (χ1) is 13.4. The SMILES string of the molecule is C=CS/C(=C\C)c1cc(C(C)=O)n2c1-c1cc(OC(C)C)c(OC)cc1CC2. The molecule has 1 aliphatic heterocycles. The van der Waals surface area contributed by atoms with Crippen LogP contribution in [-0.2, 0) is 13.0 Å². The molecule has 0 spiro atoms. The third-order valence-electron chi connectivity index (χ3n) is 4.81. The van der Waals surface area contributed by atoms with Gasteiger partial charge in [0.1, 0.15) is 0 Å². The first kappa shape index (κ1) is 20.3. The topological polar surface area (TPSA) is 40.5 Å². The number of hydrogen-bond acceptors (Lipinski definition) is 4. The third kappa shape index (κ3) is 3.63. The van der Waals surface area contributed by atoms with E-state index < -0.39 is 0 Å². The lowest BCUT2D eigenvalue weighted by Crippen LogP contribution is -2.16. The van der Waals surface area contributed by atoms with Gasteiger partial charge in [0.15, 0.2) is 17.3 Å². The maximum atomic E-state index is 12.3. The van der Waals surface area contributed by atoms with Crippen molar-refractivity contribution in [1.29, 1.82) is 0 Å². The number of aryl methyl sites for hydroxylation is 1. The van der Waals surface area contributed by atoms with Crippen LogP contribution in [0.3, 0.4) is 0 Å². The van der Waals surface area contributed by atoms with E-state index in [0.29, 0.717) is 0 Å². The predicted octanol–water partition coefficient (Wildman–Crippen LogP) is 5.95. The third-order valence-corrected chi connectivity index (χ3v) is 5.68. The molecule has 4 nitrogen and oxygen atoms in total. The maximum Gasteiger partial charge on any atom is 0.176 e. The second kappa shape index (κ2) is 8.31. The van der Waals surface area contributed by atoms with Gasteiger partial charge in [0, 0.05) is 29.5 Å². The Morgan fingerprint density at radius 3 is 2.61 bits per heavy atom. The van der Waals surface area contributed by atoms with Gasteiger partial charge >= 0.3 is 0 Å². The predicted molar refractivity (Wildman–Crippen MR) is 117 cm³/mol. The number of allylic oxidation sites excluding steroid dienone is 1. The van der Waals surface area contributed by atoms with Gasteiger partial charge in [-0.25, -0.2) is 0 Å². The van der Waals surface area contributed by atoms with Crippen LogP contribution in [0.4, 0.5) is 0 Å². The molecule has 0 N–H and O–H groups in total. The van der Waals surface area contributed by atoms with E-state index in [9.17, 15) is 4.79 Å². The summed E-state index contributed by atoms with van der Waals surface area (Å²) in [5, 5.41) is 1.82. The van der Waals surface area contributed by atoms with Crippen LogP contribution in [0, 0.1) is 0 Å². The summed E-state index contributed by atoms with van der Waals surface area (Å²) in [6.45, 7) is 12.2. The molecule has 0 bridgehead atoms. The van der Waals surface area contributed by atoms with Gasteiger partial charge in [0.25, 0.3) is 0 Å². The van der Waals surface area contributed by atoms with Gasteiger partial charge in [-0.1, -0.05) is 24.4 Å². The normalized spacial score (nSPS) is 13.1. The first-order valence-corrected chi connectivity index (χ1v) is 10.4. The van der Waals surface area contributed by atoms with Gasteiger partial charge in [-0.2, -0.15) is 0 Å². The Morgan fingerprint density at radius 1 is 1.29 bits per heavy atom. The molecule has 1 aromatic heterocycles. The lowest BCUT2D eigenvalue weighted by molar-refractivity contribution is 0.100. The molecule has 0 saturated heterocycles. The number of ether oxygens (including phenoxy) is 2. The summed E-state index contributed by atoms with van der Waals surface area (Å²) < 4.78 is 13.7. The van der Waals surface area contributed by atoms with Gasteiger partial charge in [-0.3, -0.25) is 4.79 Å². The van der Waals surface area contributed by atoms with Gasteiger partial charge in [-0.05, 0) is 56.4 Å². The fourth-order valence-corrected chi connectivity index (χ4v) is 4.29. The minimum atomic E-state index is 0.0389. The van der Waals surface area contributed by atoms with Crippen molar-refractivity contribution in [3.63, 3.8) is 0 Å². The van der Waals surface area contributed by atoms with Crippen LogP contribution in [0.2, 0.25) is 0 Å². The molecule has 3 rings (SSSR count). The summed E-state index contributed by atoms with van der Waals surface area (Å²) in [6.07, 6.45) is 2.95. The highest BCUT2D eigenvalue weighted by Gasteiger charge is 2.27. The van der Waals surface area contributed by atoms with Crippen molar-refractivity contribution in [2.75, 3.05) is 7.11 Å². The molecule has 0 fully saturated rings. The Balaban J connectivity index is 2.28. The van der Waals surface area contributed by atoms with Crippen molar-refractivity contribution < 1.29 is 14.3 Å². The molecule has 148 valence electrons. The van der Waals surface area contributed by atoms with Crippen molar-refractivity contribution in [3.05, 3.63) is 53.1 Å². The fraction of sp³-hybridized carbons (Fsp3) is 0.348. The molecular weight excluding hydrogens is 370 g/mol. The molecule has 0 amide bonds. The minimum absolute atomic E-state index is 0.0389. The summed E-state index contributed by atoms with van der Waals surface area (Å²) in [6, 6.07) is 6.13.